The Balaban J connectivity index is 2.18. The molecule has 0 saturated heterocycles. The van der Waals surface area contributed by atoms with Gasteiger partial charge < -0.3 is 10.5 Å². The molecule has 1 aromatic rings. The Hall–Kier alpha value is -1.35. The molecule has 0 amide bonds. The van der Waals surface area contributed by atoms with Crippen molar-refractivity contribution in [3.63, 3.8) is 0 Å². The van der Waals surface area contributed by atoms with Crippen molar-refractivity contribution in [2.24, 2.45) is 11.1 Å². The van der Waals surface area contributed by atoms with Crippen molar-refractivity contribution in [1.29, 1.82) is 0 Å². The van der Waals surface area contributed by atoms with Crippen molar-refractivity contribution in [2.45, 2.75) is 46.1 Å². The Labute approximate surface area is 116 Å². The van der Waals surface area contributed by atoms with E-state index in [-0.39, 0.29) is 23.8 Å². The minimum absolute atomic E-state index is 0.0664. The smallest absolute Gasteiger partial charge is 0.307 e. The minimum atomic E-state index is -0.199. The number of nitrogens with two attached hydrogens (primary N) is 1. The third kappa shape index (κ3) is 6.39. The van der Waals surface area contributed by atoms with Gasteiger partial charge in [0.05, 0.1) is 13.0 Å². The van der Waals surface area contributed by atoms with Crippen molar-refractivity contribution in [1.82, 2.24) is 0 Å². The summed E-state index contributed by atoms with van der Waals surface area (Å²) < 4.78 is 5.21. The van der Waals surface area contributed by atoms with Gasteiger partial charge >= 0.3 is 5.97 Å². The Kier molecular flexibility index (Phi) is 6.03. The maximum absolute atomic E-state index is 11.6. The molecule has 2 N–H and O–H groups in total. The van der Waals surface area contributed by atoms with Crippen LogP contribution in [0.5, 0.6) is 0 Å². The highest BCUT2D eigenvalue weighted by Crippen LogP contribution is 2.19. The molecule has 19 heavy (non-hydrogen) atoms. The van der Waals surface area contributed by atoms with Gasteiger partial charge in [0.15, 0.2) is 0 Å². The summed E-state index contributed by atoms with van der Waals surface area (Å²) in [6.45, 7) is 6.55. The molecule has 0 radical (unpaired) electrons. The van der Waals surface area contributed by atoms with E-state index in [1.165, 1.54) is 5.56 Å². The monoisotopic (exact) mass is 263 g/mol. The van der Waals surface area contributed by atoms with Crippen LogP contribution in [0.1, 0.15) is 39.2 Å². The fourth-order valence-electron chi connectivity index (χ4n) is 1.65. The van der Waals surface area contributed by atoms with Crippen LogP contribution in [0.25, 0.3) is 0 Å². The molecular formula is C16H25NO2. The first-order valence-corrected chi connectivity index (χ1v) is 6.84. The van der Waals surface area contributed by atoms with Crippen LogP contribution in [-0.2, 0) is 16.0 Å². The van der Waals surface area contributed by atoms with E-state index in [9.17, 15) is 4.79 Å². The maximum Gasteiger partial charge on any atom is 0.307 e. The van der Waals surface area contributed by atoms with Crippen molar-refractivity contribution in [3.8, 4) is 0 Å². The number of hydrogen-bond acceptors (Lipinski definition) is 3. The summed E-state index contributed by atoms with van der Waals surface area (Å²) in [5.74, 6) is -0.199. The molecule has 0 aromatic heterocycles. The predicted molar refractivity (Wildman–Crippen MR) is 77.8 cm³/mol. The standard InChI is InChI=1S/C16H25NO2/c1-16(2,3)14(17)12-15(18)19-11-7-10-13-8-5-4-6-9-13/h4-6,8-9,14H,7,10-12,17H2,1-3H3. The van der Waals surface area contributed by atoms with E-state index in [2.05, 4.69) is 12.1 Å². The summed E-state index contributed by atoms with van der Waals surface area (Å²) in [4.78, 5) is 11.6. The van der Waals surface area contributed by atoms with Crippen LogP contribution in [0.15, 0.2) is 30.3 Å². The average Bonchev–Trinajstić information content (AvgIpc) is 2.35. The lowest BCUT2D eigenvalue weighted by Crippen LogP contribution is -2.37. The molecule has 1 rings (SSSR count). The summed E-state index contributed by atoms with van der Waals surface area (Å²) in [5, 5.41) is 0. The van der Waals surface area contributed by atoms with Crippen LogP contribution in [0.4, 0.5) is 0 Å². The first-order valence-electron chi connectivity index (χ1n) is 6.84. The third-order valence-electron chi connectivity index (χ3n) is 3.21. The zero-order valence-electron chi connectivity index (χ0n) is 12.2. The van der Waals surface area contributed by atoms with Crippen molar-refractivity contribution >= 4 is 5.97 Å². The van der Waals surface area contributed by atoms with Gasteiger partial charge in [0.2, 0.25) is 0 Å². The molecule has 0 bridgehead atoms. The molecule has 0 saturated carbocycles. The number of hydrogen-bond donors (Lipinski definition) is 1. The van der Waals surface area contributed by atoms with E-state index in [0.717, 1.165) is 12.8 Å². The van der Waals surface area contributed by atoms with Gasteiger partial charge in [-0.25, -0.2) is 0 Å². The van der Waals surface area contributed by atoms with Gasteiger partial charge in [-0.3, -0.25) is 4.79 Å². The molecule has 0 aliphatic heterocycles. The molecule has 0 fully saturated rings. The van der Waals surface area contributed by atoms with Crippen LogP contribution in [0, 0.1) is 5.41 Å². The van der Waals surface area contributed by atoms with Crippen LogP contribution >= 0.6 is 0 Å². The van der Waals surface area contributed by atoms with E-state index >= 15 is 0 Å². The fraction of sp³-hybridized carbons (Fsp3) is 0.562. The molecule has 106 valence electrons. The highest BCUT2D eigenvalue weighted by atomic mass is 16.5. The van der Waals surface area contributed by atoms with Crippen LogP contribution in [0.2, 0.25) is 0 Å². The van der Waals surface area contributed by atoms with E-state index in [4.69, 9.17) is 10.5 Å². The van der Waals surface area contributed by atoms with Gasteiger partial charge in [-0.1, -0.05) is 51.1 Å². The van der Waals surface area contributed by atoms with Crippen molar-refractivity contribution < 1.29 is 9.53 Å². The normalized spacial score (nSPS) is 13.1. The number of carbonyl (C=O) groups is 1. The predicted octanol–water partition coefficient (Wildman–Crippen LogP) is 2.93. The number of rotatable bonds is 6. The summed E-state index contributed by atoms with van der Waals surface area (Å²) >= 11 is 0. The van der Waals surface area contributed by atoms with Crippen LogP contribution < -0.4 is 5.73 Å². The number of benzene rings is 1. The van der Waals surface area contributed by atoms with E-state index in [0.29, 0.717) is 6.61 Å². The zero-order chi connectivity index (χ0) is 14.3. The zero-order valence-corrected chi connectivity index (χ0v) is 12.2. The lowest BCUT2D eigenvalue weighted by atomic mass is 9.85. The van der Waals surface area contributed by atoms with E-state index in [1.807, 2.05) is 39.0 Å². The Bertz CT molecular complexity index is 381. The molecule has 1 unspecified atom stereocenters. The SMILES string of the molecule is CC(C)(C)C(N)CC(=O)OCCCc1ccccc1. The first-order chi connectivity index (χ1) is 8.89. The quantitative estimate of drug-likeness (QED) is 0.634. The van der Waals surface area contributed by atoms with E-state index in [1.54, 1.807) is 0 Å². The van der Waals surface area contributed by atoms with Crippen molar-refractivity contribution in [3.05, 3.63) is 35.9 Å². The molecule has 0 heterocycles. The lowest BCUT2D eigenvalue weighted by Gasteiger charge is -2.26. The minimum Gasteiger partial charge on any atom is -0.466 e. The highest BCUT2D eigenvalue weighted by molar-refractivity contribution is 5.70. The molecular weight excluding hydrogens is 238 g/mol. The van der Waals surface area contributed by atoms with Gasteiger partial charge in [-0.15, -0.1) is 0 Å². The molecule has 0 spiro atoms. The third-order valence-corrected chi connectivity index (χ3v) is 3.21. The van der Waals surface area contributed by atoms with Crippen molar-refractivity contribution in [2.75, 3.05) is 6.61 Å². The Morgan fingerprint density at radius 3 is 2.47 bits per heavy atom. The summed E-state index contributed by atoms with van der Waals surface area (Å²) in [6, 6.07) is 10.0. The molecule has 3 heteroatoms. The Morgan fingerprint density at radius 1 is 1.26 bits per heavy atom. The number of esters is 1. The largest absolute Gasteiger partial charge is 0.466 e. The molecule has 0 aliphatic rings. The molecule has 1 atom stereocenters. The second-order valence-electron chi connectivity index (χ2n) is 5.99. The number of carbonyl (C=O) groups excluding carboxylic acids is 1. The number of aryl methyl sites for hydroxylation is 1. The maximum atomic E-state index is 11.6. The summed E-state index contributed by atoms with van der Waals surface area (Å²) in [5.41, 5.74) is 7.15. The second kappa shape index (κ2) is 7.29. The second-order valence-corrected chi connectivity index (χ2v) is 5.99. The van der Waals surface area contributed by atoms with E-state index < -0.39 is 0 Å². The topological polar surface area (TPSA) is 52.3 Å². The molecule has 1 aromatic carbocycles. The average molecular weight is 263 g/mol. The number of ether oxygens (including phenoxy) is 1. The molecule has 0 aliphatic carbocycles. The van der Waals surface area contributed by atoms with Crippen LogP contribution in [0.3, 0.4) is 0 Å². The summed E-state index contributed by atoms with van der Waals surface area (Å²) in [6.07, 6.45) is 2.06. The lowest BCUT2D eigenvalue weighted by molar-refractivity contribution is -0.144. The highest BCUT2D eigenvalue weighted by Gasteiger charge is 2.23. The molecule has 3 nitrogen and oxygen atoms in total. The van der Waals surface area contributed by atoms with Gasteiger partial charge in [0, 0.05) is 6.04 Å². The van der Waals surface area contributed by atoms with Gasteiger partial charge in [0.25, 0.3) is 0 Å². The van der Waals surface area contributed by atoms with Gasteiger partial charge in [-0.05, 0) is 23.8 Å². The first kappa shape index (κ1) is 15.7. The Morgan fingerprint density at radius 2 is 1.89 bits per heavy atom. The summed E-state index contributed by atoms with van der Waals surface area (Å²) in [7, 11) is 0. The van der Waals surface area contributed by atoms with Gasteiger partial charge in [0.1, 0.15) is 0 Å². The fourth-order valence-corrected chi connectivity index (χ4v) is 1.65. The van der Waals surface area contributed by atoms with Crippen LogP contribution in [-0.4, -0.2) is 18.6 Å². The van der Waals surface area contributed by atoms with Gasteiger partial charge in [-0.2, -0.15) is 0 Å².